The Morgan fingerprint density at radius 2 is 1.66 bits per heavy atom. The number of thioether (sulfide) groups is 1. The molecule has 3 aromatic rings. The molecule has 0 aliphatic carbocycles. The van der Waals surface area contributed by atoms with E-state index < -0.39 is 0 Å². The van der Waals surface area contributed by atoms with Crippen LogP contribution in [0.3, 0.4) is 0 Å². The van der Waals surface area contributed by atoms with Gasteiger partial charge in [0.15, 0.2) is 5.78 Å². The van der Waals surface area contributed by atoms with Gasteiger partial charge in [-0.15, -0.1) is 0 Å². The number of anilines is 2. The molecule has 3 aromatic carbocycles. The summed E-state index contributed by atoms with van der Waals surface area (Å²) in [4.78, 5) is 18.2. The maximum absolute atomic E-state index is 12.8. The normalized spacial score (nSPS) is 17.9. The van der Waals surface area contributed by atoms with Gasteiger partial charge in [-0.05, 0) is 29.2 Å². The Balaban J connectivity index is 1.45. The summed E-state index contributed by atoms with van der Waals surface area (Å²) in [5.74, 6) is -0.0117. The van der Waals surface area contributed by atoms with Crippen molar-refractivity contribution in [3.63, 3.8) is 0 Å². The third-order valence-corrected chi connectivity index (χ3v) is 6.57. The maximum Gasteiger partial charge on any atom is 0.183 e. The fourth-order valence-corrected chi connectivity index (χ4v) is 5.00. The van der Waals surface area contributed by atoms with Gasteiger partial charge in [0.1, 0.15) is 0 Å². The zero-order valence-corrected chi connectivity index (χ0v) is 17.1. The van der Waals surface area contributed by atoms with E-state index in [1.807, 2.05) is 32.3 Å². The van der Waals surface area contributed by atoms with Gasteiger partial charge in [-0.2, -0.15) is 0 Å². The second-order valence-corrected chi connectivity index (χ2v) is 8.26. The van der Waals surface area contributed by atoms with Gasteiger partial charge in [0.25, 0.3) is 0 Å². The topological polar surface area (TPSA) is 23.6 Å². The second kappa shape index (κ2) is 6.98. The molecule has 3 nitrogen and oxygen atoms in total. The van der Waals surface area contributed by atoms with Gasteiger partial charge in [0.2, 0.25) is 0 Å². The van der Waals surface area contributed by atoms with Crippen LogP contribution < -0.4 is 9.80 Å². The van der Waals surface area contributed by atoms with Crippen LogP contribution in [-0.4, -0.2) is 19.9 Å². The third kappa shape index (κ3) is 3.06. The van der Waals surface area contributed by atoms with Gasteiger partial charge >= 0.3 is 0 Å². The van der Waals surface area contributed by atoms with Gasteiger partial charge in [-0.25, -0.2) is 0 Å². The first-order valence-corrected chi connectivity index (χ1v) is 10.3. The zero-order valence-electron chi connectivity index (χ0n) is 16.3. The van der Waals surface area contributed by atoms with Crippen molar-refractivity contribution in [3.05, 3.63) is 95.2 Å². The number of ketones is 1. The smallest absolute Gasteiger partial charge is 0.183 e. The lowest BCUT2D eigenvalue weighted by molar-refractivity contribution is -0.110. The average molecular weight is 397 g/mol. The summed E-state index contributed by atoms with van der Waals surface area (Å²) in [7, 11) is 4.02. The molecule has 2 aliphatic heterocycles. The van der Waals surface area contributed by atoms with Crippen LogP contribution in [0.15, 0.2) is 94.5 Å². The second-order valence-electron chi connectivity index (χ2n) is 7.20. The SMILES string of the molecule is CN1/C(=C/C(=O)/C=C2\C=Cc3ccccc3N2C)Sc2ccc3ccccc3c21. The molecule has 0 spiro atoms. The molecule has 2 aliphatic rings. The van der Waals surface area contributed by atoms with Crippen molar-refractivity contribution in [2.75, 3.05) is 23.9 Å². The van der Waals surface area contributed by atoms with E-state index in [-0.39, 0.29) is 5.78 Å². The van der Waals surface area contributed by atoms with E-state index in [1.165, 1.54) is 21.4 Å². The number of hydrogen-bond acceptors (Lipinski definition) is 4. The molecule has 0 bridgehead atoms. The van der Waals surface area contributed by atoms with Crippen molar-refractivity contribution >= 4 is 45.8 Å². The molecular formula is C25H20N2OS. The number of likely N-dealkylation sites (N-methyl/N-ethyl adjacent to an activating group) is 1. The molecule has 0 radical (unpaired) electrons. The van der Waals surface area contributed by atoms with E-state index >= 15 is 0 Å². The lowest BCUT2D eigenvalue weighted by atomic mass is 10.1. The van der Waals surface area contributed by atoms with Gasteiger partial charge in [0.05, 0.1) is 10.7 Å². The summed E-state index contributed by atoms with van der Waals surface area (Å²) in [5.41, 5.74) is 4.32. The molecule has 4 heteroatoms. The van der Waals surface area contributed by atoms with Crippen LogP contribution in [0.25, 0.3) is 16.8 Å². The highest BCUT2D eigenvalue weighted by Crippen LogP contribution is 2.48. The van der Waals surface area contributed by atoms with E-state index in [0.717, 1.165) is 22.0 Å². The Hall–Kier alpha value is -3.24. The zero-order chi connectivity index (χ0) is 20.0. The van der Waals surface area contributed by atoms with Gasteiger partial charge in [-0.1, -0.05) is 66.4 Å². The van der Waals surface area contributed by atoms with E-state index in [2.05, 4.69) is 64.4 Å². The van der Waals surface area contributed by atoms with E-state index in [9.17, 15) is 4.79 Å². The third-order valence-electron chi connectivity index (χ3n) is 5.42. The predicted octanol–water partition coefficient (Wildman–Crippen LogP) is 5.84. The number of carbonyl (C=O) groups excluding carboxylic acids is 1. The van der Waals surface area contributed by atoms with Crippen LogP contribution in [-0.2, 0) is 4.79 Å². The number of hydrogen-bond donors (Lipinski definition) is 0. The molecule has 0 atom stereocenters. The number of benzene rings is 3. The Bertz CT molecular complexity index is 1240. The molecule has 0 unspecified atom stereocenters. The van der Waals surface area contributed by atoms with Crippen LogP contribution >= 0.6 is 11.8 Å². The standard InChI is InChI=1S/C25H20N2OS/c1-26-19(13-11-18-8-4-6-10-22(18)26)15-20(28)16-24-27(2)25-21-9-5-3-7-17(21)12-14-23(25)29-24/h3-16H,1-2H3/b19-15+,24-16-. The quantitative estimate of drug-likeness (QED) is 0.508. The minimum atomic E-state index is -0.0117. The number of fused-ring (bicyclic) bond motifs is 4. The summed E-state index contributed by atoms with van der Waals surface area (Å²) in [6.07, 6.45) is 7.48. The largest absolute Gasteiger partial charge is 0.344 e. The van der Waals surface area contributed by atoms with Gasteiger partial charge < -0.3 is 9.80 Å². The van der Waals surface area contributed by atoms with Crippen molar-refractivity contribution in [1.29, 1.82) is 0 Å². The highest BCUT2D eigenvalue weighted by Gasteiger charge is 2.24. The first-order chi connectivity index (χ1) is 14.1. The molecule has 2 heterocycles. The molecule has 0 amide bonds. The number of carbonyl (C=O) groups is 1. The molecule has 5 rings (SSSR count). The molecular weight excluding hydrogens is 376 g/mol. The molecule has 29 heavy (non-hydrogen) atoms. The number of para-hydroxylation sites is 1. The first-order valence-electron chi connectivity index (χ1n) is 9.53. The highest BCUT2D eigenvalue weighted by atomic mass is 32.2. The van der Waals surface area contributed by atoms with Gasteiger partial charge in [0, 0.05) is 47.9 Å². The van der Waals surface area contributed by atoms with Crippen LogP contribution in [0.4, 0.5) is 11.4 Å². The van der Waals surface area contributed by atoms with Crippen molar-refractivity contribution in [3.8, 4) is 0 Å². The van der Waals surface area contributed by atoms with E-state index in [1.54, 1.807) is 23.9 Å². The predicted molar refractivity (Wildman–Crippen MR) is 123 cm³/mol. The fourth-order valence-electron chi connectivity index (χ4n) is 3.90. The summed E-state index contributed by atoms with van der Waals surface area (Å²) < 4.78 is 0. The molecule has 142 valence electrons. The van der Waals surface area contributed by atoms with Crippen LogP contribution in [0.2, 0.25) is 0 Å². The van der Waals surface area contributed by atoms with E-state index in [0.29, 0.717) is 0 Å². The Kier molecular flexibility index (Phi) is 4.29. The maximum atomic E-state index is 12.8. The number of rotatable bonds is 2. The summed E-state index contributed by atoms with van der Waals surface area (Å²) >= 11 is 1.64. The van der Waals surface area contributed by atoms with Crippen molar-refractivity contribution in [2.24, 2.45) is 0 Å². The molecule has 0 fully saturated rings. The average Bonchev–Trinajstić information content (AvgIpc) is 3.06. The Morgan fingerprint density at radius 1 is 0.862 bits per heavy atom. The van der Waals surface area contributed by atoms with Crippen LogP contribution in [0, 0.1) is 0 Å². The van der Waals surface area contributed by atoms with Crippen molar-refractivity contribution < 1.29 is 4.79 Å². The van der Waals surface area contributed by atoms with Crippen molar-refractivity contribution in [2.45, 2.75) is 4.90 Å². The summed E-state index contributed by atoms with van der Waals surface area (Å²) in [6, 6.07) is 20.8. The highest BCUT2D eigenvalue weighted by molar-refractivity contribution is 8.03. The summed E-state index contributed by atoms with van der Waals surface area (Å²) in [6.45, 7) is 0. The minimum absolute atomic E-state index is 0.0117. The molecule has 0 aromatic heterocycles. The monoisotopic (exact) mass is 396 g/mol. The fraction of sp³-hybridized carbons (Fsp3) is 0.0800. The van der Waals surface area contributed by atoms with Gasteiger partial charge in [-0.3, -0.25) is 4.79 Å². The van der Waals surface area contributed by atoms with Crippen molar-refractivity contribution in [1.82, 2.24) is 0 Å². The number of nitrogens with zero attached hydrogens (tertiary/aromatic N) is 2. The van der Waals surface area contributed by atoms with Crippen LogP contribution in [0.5, 0.6) is 0 Å². The lowest BCUT2D eigenvalue weighted by Crippen LogP contribution is -2.19. The first kappa shape index (κ1) is 17.8. The molecule has 0 saturated carbocycles. The summed E-state index contributed by atoms with van der Waals surface area (Å²) in [5, 5.41) is 3.36. The van der Waals surface area contributed by atoms with E-state index in [4.69, 9.17) is 0 Å². The molecule has 0 N–H and O–H groups in total. The number of allylic oxidation sites excluding steroid dienone is 3. The Labute approximate surface area is 174 Å². The Morgan fingerprint density at radius 3 is 2.55 bits per heavy atom. The lowest BCUT2D eigenvalue weighted by Gasteiger charge is -2.26. The minimum Gasteiger partial charge on any atom is -0.344 e. The molecule has 0 saturated heterocycles. The van der Waals surface area contributed by atoms with Crippen LogP contribution in [0.1, 0.15) is 5.56 Å².